The van der Waals surface area contributed by atoms with Crippen LogP contribution in [0.4, 0.5) is 9.59 Å². The van der Waals surface area contributed by atoms with E-state index in [0.29, 0.717) is 19.5 Å². The van der Waals surface area contributed by atoms with Gasteiger partial charge < -0.3 is 34.5 Å². The quantitative estimate of drug-likeness (QED) is 0.509. The Bertz CT molecular complexity index is 746. The molecule has 1 saturated heterocycles. The van der Waals surface area contributed by atoms with E-state index in [0.717, 1.165) is 30.9 Å². The number of carbonyl (C=O) groups is 2. The lowest BCUT2D eigenvalue weighted by atomic mass is 10.0. The Morgan fingerprint density at radius 3 is 2.36 bits per heavy atom. The van der Waals surface area contributed by atoms with Crippen LogP contribution in [0.5, 0.6) is 5.75 Å². The normalized spacial score (nSPS) is 20.4. The Kier molecular flexibility index (Phi) is 10.2. The third kappa shape index (κ3) is 9.09. The van der Waals surface area contributed by atoms with Gasteiger partial charge in [-0.25, -0.2) is 9.59 Å². The molecule has 2 rings (SSSR count). The van der Waals surface area contributed by atoms with Crippen LogP contribution in [0.25, 0.3) is 0 Å². The first-order valence-electron chi connectivity index (χ1n) is 11.6. The largest absolute Gasteiger partial charge is 0.509 e. The van der Waals surface area contributed by atoms with Crippen LogP contribution in [-0.4, -0.2) is 80.8 Å². The lowest BCUT2D eigenvalue weighted by molar-refractivity contribution is -0.0518. The smallest absolute Gasteiger partial charge is 0.497 e. The number of alkyl carbamates (subject to hydrolysis) is 1. The summed E-state index contributed by atoms with van der Waals surface area (Å²) in [5.41, 5.74) is 0.366. The highest BCUT2D eigenvalue weighted by Crippen LogP contribution is 2.22. The van der Waals surface area contributed by atoms with E-state index in [1.165, 1.54) is 0 Å². The van der Waals surface area contributed by atoms with Gasteiger partial charge >= 0.3 is 12.2 Å². The molecule has 1 aliphatic heterocycles. The molecule has 0 aliphatic carbocycles. The van der Waals surface area contributed by atoms with E-state index in [1.54, 1.807) is 27.9 Å². The maximum absolute atomic E-state index is 12.5. The minimum absolute atomic E-state index is 0.223. The maximum atomic E-state index is 12.5. The summed E-state index contributed by atoms with van der Waals surface area (Å²) in [7, 11) is 1.62. The highest BCUT2D eigenvalue weighted by molar-refractivity contribution is 5.67. The topological polar surface area (TPSA) is 98.4 Å². The number of carbonyl (C=O) groups excluding carboxylic acids is 2. The highest BCUT2D eigenvalue weighted by atomic mass is 16.7. The van der Waals surface area contributed by atoms with E-state index < -0.39 is 30.1 Å². The van der Waals surface area contributed by atoms with E-state index >= 15 is 0 Å². The molecular weight excluding hydrogens is 426 g/mol. The van der Waals surface area contributed by atoms with Crippen molar-refractivity contribution in [2.24, 2.45) is 0 Å². The molecule has 9 nitrogen and oxygen atoms in total. The summed E-state index contributed by atoms with van der Waals surface area (Å²) in [5.74, 6) is 0.768. The molecule has 0 saturated carbocycles. The fourth-order valence-corrected chi connectivity index (χ4v) is 3.65. The average molecular weight is 466 g/mol. The summed E-state index contributed by atoms with van der Waals surface area (Å²) < 4.78 is 21.8. The van der Waals surface area contributed by atoms with Crippen LogP contribution in [0.1, 0.15) is 40.2 Å². The molecular formula is C24H39N3O6. The van der Waals surface area contributed by atoms with Gasteiger partial charge in [-0.1, -0.05) is 26.0 Å². The Labute approximate surface area is 197 Å². The van der Waals surface area contributed by atoms with Crippen LogP contribution < -0.4 is 15.4 Å². The van der Waals surface area contributed by atoms with Gasteiger partial charge in [0.2, 0.25) is 0 Å². The lowest BCUT2D eigenvalue weighted by Gasteiger charge is -2.26. The predicted molar refractivity (Wildman–Crippen MR) is 126 cm³/mol. The lowest BCUT2D eigenvalue weighted by Crippen LogP contribution is -2.44. The van der Waals surface area contributed by atoms with Crippen molar-refractivity contribution in [3.8, 4) is 5.75 Å². The maximum Gasteiger partial charge on any atom is 0.509 e. The van der Waals surface area contributed by atoms with Crippen LogP contribution >= 0.6 is 0 Å². The molecule has 0 unspecified atom stereocenters. The van der Waals surface area contributed by atoms with Crippen molar-refractivity contribution in [1.82, 2.24) is 15.5 Å². The van der Waals surface area contributed by atoms with Gasteiger partial charge in [0.25, 0.3) is 0 Å². The molecule has 9 heteroatoms. The van der Waals surface area contributed by atoms with Gasteiger partial charge in [-0.05, 0) is 58.0 Å². The van der Waals surface area contributed by atoms with Gasteiger partial charge in [-0.2, -0.15) is 0 Å². The molecule has 1 aromatic carbocycles. The van der Waals surface area contributed by atoms with Crippen molar-refractivity contribution >= 4 is 12.2 Å². The third-order valence-corrected chi connectivity index (χ3v) is 5.43. The summed E-state index contributed by atoms with van der Waals surface area (Å²) in [5, 5.41) is 6.12. The van der Waals surface area contributed by atoms with Gasteiger partial charge in [0.15, 0.2) is 12.2 Å². The van der Waals surface area contributed by atoms with Gasteiger partial charge in [-0.15, -0.1) is 0 Å². The summed E-state index contributed by atoms with van der Waals surface area (Å²) in [6, 6.07) is 7.47. The van der Waals surface area contributed by atoms with Crippen LogP contribution in [0, 0.1) is 0 Å². The minimum Gasteiger partial charge on any atom is -0.497 e. The van der Waals surface area contributed by atoms with Crippen molar-refractivity contribution in [2.45, 2.75) is 64.9 Å². The number of likely N-dealkylation sites (N-methyl/N-ethyl adjacent to an activating group) is 1. The Balaban J connectivity index is 2.03. The van der Waals surface area contributed by atoms with Crippen molar-refractivity contribution < 1.29 is 28.5 Å². The fourth-order valence-electron chi connectivity index (χ4n) is 3.65. The predicted octanol–water partition coefficient (Wildman–Crippen LogP) is 2.97. The second-order valence-corrected chi connectivity index (χ2v) is 9.01. The molecule has 3 atom stereocenters. The summed E-state index contributed by atoms with van der Waals surface area (Å²) in [6.45, 7) is 12.9. The molecule has 1 amide bonds. The van der Waals surface area contributed by atoms with Crippen LogP contribution in [-0.2, 0) is 20.6 Å². The number of methoxy groups -OCH3 is 1. The Morgan fingerprint density at radius 1 is 1.12 bits per heavy atom. The van der Waals surface area contributed by atoms with E-state index in [-0.39, 0.29) is 6.04 Å². The van der Waals surface area contributed by atoms with E-state index in [4.69, 9.17) is 18.9 Å². The third-order valence-electron chi connectivity index (χ3n) is 5.43. The Morgan fingerprint density at radius 2 is 1.79 bits per heavy atom. The number of nitrogens with zero attached hydrogens (tertiary/aromatic N) is 1. The van der Waals surface area contributed by atoms with Gasteiger partial charge in [0.05, 0.1) is 13.2 Å². The standard InChI is InChI=1S/C24H39N3O6/c1-7-27(8-2)14-13-25-22(28)32-21-19(15-17-9-11-18(30-6)12-10-17)26-16-20(21)31-23(29)33-24(3,4)5/h9-12,19-21,26H,7-8,13-16H2,1-6H3,(H,25,28)/t19-,20+,21+/m1/s1. The first-order chi connectivity index (χ1) is 15.6. The van der Waals surface area contributed by atoms with Crippen molar-refractivity contribution in [3.63, 3.8) is 0 Å². The summed E-state index contributed by atoms with van der Waals surface area (Å²) >= 11 is 0. The zero-order valence-electron chi connectivity index (χ0n) is 20.7. The van der Waals surface area contributed by atoms with Gasteiger partial charge in [0.1, 0.15) is 11.4 Å². The number of rotatable bonds is 10. The molecule has 1 aromatic rings. The van der Waals surface area contributed by atoms with Gasteiger partial charge in [-0.3, -0.25) is 0 Å². The van der Waals surface area contributed by atoms with E-state index in [2.05, 4.69) is 29.4 Å². The molecule has 186 valence electrons. The molecule has 0 radical (unpaired) electrons. The fraction of sp³-hybridized carbons (Fsp3) is 0.667. The number of nitrogens with one attached hydrogen (secondary N) is 2. The molecule has 33 heavy (non-hydrogen) atoms. The number of ether oxygens (including phenoxy) is 4. The van der Waals surface area contributed by atoms with Crippen molar-refractivity contribution in [2.75, 3.05) is 39.8 Å². The zero-order chi connectivity index (χ0) is 24.4. The number of amides is 1. The van der Waals surface area contributed by atoms with Crippen LogP contribution in [0.2, 0.25) is 0 Å². The Hall–Kier alpha value is -2.52. The SMILES string of the molecule is CCN(CC)CCNC(=O)O[C@@H]1[C@@H](OC(=O)OC(C)(C)C)CN[C@@H]1Cc1ccc(OC)cc1. The summed E-state index contributed by atoms with van der Waals surface area (Å²) in [4.78, 5) is 27.0. The van der Waals surface area contributed by atoms with Crippen LogP contribution in [0.15, 0.2) is 24.3 Å². The first-order valence-corrected chi connectivity index (χ1v) is 11.6. The van der Waals surface area contributed by atoms with Crippen molar-refractivity contribution in [1.29, 1.82) is 0 Å². The van der Waals surface area contributed by atoms with Gasteiger partial charge in [0, 0.05) is 19.6 Å². The monoisotopic (exact) mass is 465 g/mol. The van der Waals surface area contributed by atoms with E-state index in [1.807, 2.05) is 24.3 Å². The number of benzene rings is 1. The number of hydrogen-bond donors (Lipinski definition) is 2. The van der Waals surface area contributed by atoms with Crippen LogP contribution in [0.3, 0.4) is 0 Å². The second kappa shape index (κ2) is 12.6. The second-order valence-electron chi connectivity index (χ2n) is 9.01. The number of hydrogen-bond acceptors (Lipinski definition) is 8. The molecule has 2 N–H and O–H groups in total. The van der Waals surface area contributed by atoms with Crippen molar-refractivity contribution in [3.05, 3.63) is 29.8 Å². The molecule has 0 aromatic heterocycles. The summed E-state index contributed by atoms with van der Waals surface area (Å²) in [6.07, 6.45) is -2.04. The molecule has 0 spiro atoms. The molecule has 1 fully saturated rings. The van der Waals surface area contributed by atoms with E-state index in [9.17, 15) is 9.59 Å². The zero-order valence-corrected chi connectivity index (χ0v) is 20.7. The highest BCUT2D eigenvalue weighted by Gasteiger charge is 2.42. The molecule has 1 aliphatic rings. The molecule has 1 heterocycles. The first kappa shape index (κ1) is 26.7. The average Bonchev–Trinajstić information content (AvgIpc) is 3.11. The molecule has 0 bridgehead atoms. The minimum atomic E-state index is -0.782.